The maximum atomic E-state index is 4.89. The number of aryl methyl sites for hydroxylation is 1. The summed E-state index contributed by atoms with van der Waals surface area (Å²) in [4.78, 5) is 6.25. The second-order valence-electron chi connectivity index (χ2n) is 7.43. The van der Waals surface area contributed by atoms with Gasteiger partial charge < -0.3 is 15.2 Å². The van der Waals surface area contributed by atoms with Crippen molar-refractivity contribution in [3.05, 3.63) is 46.2 Å². The van der Waals surface area contributed by atoms with Gasteiger partial charge in [0.1, 0.15) is 12.2 Å². The highest BCUT2D eigenvalue weighted by Gasteiger charge is 2.13. The highest BCUT2D eigenvalue weighted by atomic mass is 32.1. The molecule has 0 spiro atoms. The molecule has 2 aromatic rings. The second kappa shape index (κ2) is 11.8. The summed E-state index contributed by atoms with van der Waals surface area (Å²) in [5, 5.41) is 17.5. The van der Waals surface area contributed by atoms with Gasteiger partial charge in [-0.1, -0.05) is 31.6 Å². The third-order valence-corrected chi connectivity index (χ3v) is 6.34. The van der Waals surface area contributed by atoms with Gasteiger partial charge in [0.05, 0.1) is 6.04 Å². The minimum Gasteiger partial charge on any atom is -0.355 e. The number of nitrogens with one attached hydrogen (secondary N) is 2. The van der Waals surface area contributed by atoms with Crippen molar-refractivity contribution >= 4 is 17.3 Å². The average Bonchev–Trinajstić information content (AvgIpc) is 3.44. The molecule has 0 aliphatic heterocycles. The Morgan fingerprint density at radius 1 is 1.34 bits per heavy atom. The van der Waals surface area contributed by atoms with Crippen molar-refractivity contribution in [1.82, 2.24) is 25.4 Å². The molecule has 158 valence electrons. The fourth-order valence-electron chi connectivity index (χ4n) is 3.66. The van der Waals surface area contributed by atoms with Crippen molar-refractivity contribution in [2.75, 3.05) is 13.1 Å². The summed E-state index contributed by atoms with van der Waals surface area (Å²) in [6.45, 7) is 6.77. The highest BCUT2D eigenvalue weighted by molar-refractivity contribution is 7.10. The van der Waals surface area contributed by atoms with Crippen molar-refractivity contribution in [3.8, 4) is 0 Å². The second-order valence-corrected chi connectivity index (χ2v) is 8.41. The molecule has 1 aliphatic rings. The first-order chi connectivity index (χ1) is 14.3. The minimum absolute atomic E-state index is 0.288. The zero-order valence-corrected chi connectivity index (χ0v) is 18.5. The summed E-state index contributed by atoms with van der Waals surface area (Å²) in [5.41, 5.74) is 1.57. The number of aliphatic imine (C=N–C) groups is 1. The van der Waals surface area contributed by atoms with Crippen molar-refractivity contribution in [2.24, 2.45) is 4.99 Å². The lowest BCUT2D eigenvalue weighted by atomic mass is 9.97. The smallest absolute Gasteiger partial charge is 0.191 e. The van der Waals surface area contributed by atoms with Crippen LogP contribution in [-0.2, 0) is 13.0 Å². The van der Waals surface area contributed by atoms with E-state index >= 15 is 0 Å². The summed E-state index contributed by atoms with van der Waals surface area (Å²) in [5.74, 6) is 1.92. The Hall–Kier alpha value is -2.15. The Labute approximate surface area is 178 Å². The number of thiophene rings is 1. The van der Waals surface area contributed by atoms with Gasteiger partial charge in [0.25, 0.3) is 0 Å². The lowest BCUT2D eigenvalue weighted by molar-refractivity contribution is 0.595. The Balaban J connectivity index is 1.59. The Kier molecular flexibility index (Phi) is 8.74. The van der Waals surface area contributed by atoms with Crippen LogP contribution in [0.25, 0.3) is 0 Å². The zero-order chi connectivity index (χ0) is 20.3. The minimum atomic E-state index is 0.288. The maximum absolute atomic E-state index is 4.89. The van der Waals surface area contributed by atoms with Crippen LogP contribution >= 0.6 is 11.3 Å². The van der Waals surface area contributed by atoms with Crippen molar-refractivity contribution in [3.63, 3.8) is 0 Å². The summed E-state index contributed by atoms with van der Waals surface area (Å²) >= 11 is 1.80. The average molecular weight is 415 g/mol. The predicted octanol–water partition coefficient (Wildman–Crippen LogP) is 4.48. The number of hydrogen-bond acceptors (Lipinski definition) is 4. The predicted molar refractivity (Wildman–Crippen MR) is 121 cm³/mol. The molecule has 0 amide bonds. The summed E-state index contributed by atoms with van der Waals surface area (Å²) in [6.07, 6.45) is 12.3. The van der Waals surface area contributed by atoms with Crippen LogP contribution in [0.4, 0.5) is 0 Å². The largest absolute Gasteiger partial charge is 0.355 e. The van der Waals surface area contributed by atoms with E-state index in [2.05, 4.69) is 62.8 Å². The van der Waals surface area contributed by atoms with E-state index in [1.54, 1.807) is 23.2 Å². The fraction of sp³-hybridized carbons (Fsp3) is 0.591. The first-order valence-electron chi connectivity index (χ1n) is 10.9. The van der Waals surface area contributed by atoms with E-state index in [1.807, 2.05) is 0 Å². The van der Waals surface area contributed by atoms with Gasteiger partial charge in [-0.25, -0.2) is 0 Å². The SMILES string of the molecule is CCc1nncn1CCNC(=NCCC1=CCCCC1)NC(CC)c1cccs1. The fourth-order valence-corrected chi connectivity index (χ4v) is 4.52. The highest BCUT2D eigenvalue weighted by Crippen LogP contribution is 2.22. The zero-order valence-electron chi connectivity index (χ0n) is 17.7. The van der Waals surface area contributed by atoms with Crippen molar-refractivity contribution in [1.29, 1.82) is 0 Å². The Bertz CT molecular complexity index is 777. The van der Waals surface area contributed by atoms with E-state index in [9.17, 15) is 0 Å². The molecular formula is C22H34N6S. The molecule has 0 radical (unpaired) electrons. The Morgan fingerprint density at radius 2 is 2.28 bits per heavy atom. The molecule has 1 unspecified atom stereocenters. The van der Waals surface area contributed by atoms with E-state index in [0.717, 1.165) is 50.7 Å². The van der Waals surface area contributed by atoms with E-state index in [-0.39, 0.29) is 6.04 Å². The molecule has 7 heteroatoms. The molecule has 2 aromatic heterocycles. The molecule has 1 aliphatic carbocycles. The number of rotatable bonds is 10. The van der Waals surface area contributed by atoms with Crippen LogP contribution in [0.15, 0.2) is 40.5 Å². The van der Waals surface area contributed by atoms with Crippen LogP contribution in [0.5, 0.6) is 0 Å². The summed E-state index contributed by atoms with van der Waals surface area (Å²) in [6, 6.07) is 4.60. The topological polar surface area (TPSA) is 67.1 Å². The first-order valence-corrected chi connectivity index (χ1v) is 11.8. The molecule has 1 atom stereocenters. The van der Waals surface area contributed by atoms with Crippen molar-refractivity contribution in [2.45, 2.75) is 71.4 Å². The number of guanidine groups is 1. The van der Waals surface area contributed by atoms with Crippen LogP contribution in [0.1, 0.15) is 69.1 Å². The van der Waals surface area contributed by atoms with Gasteiger partial charge in [-0.05, 0) is 50.0 Å². The Morgan fingerprint density at radius 3 is 3.00 bits per heavy atom. The third kappa shape index (κ3) is 6.70. The summed E-state index contributed by atoms with van der Waals surface area (Å²) < 4.78 is 2.11. The van der Waals surface area contributed by atoms with Crippen LogP contribution in [-0.4, -0.2) is 33.8 Å². The van der Waals surface area contributed by atoms with E-state index in [1.165, 1.54) is 30.6 Å². The molecule has 3 rings (SSSR count). The van der Waals surface area contributed by atoms with Crippen LogP contribution < -0.4 is 10.6 Å². The lowest BCUT2D eigenvalue weighted by Gasteiger charge is -2.20. The van der Waals surface area contributed by atoms with Gasteiger partial charge in [-0.3, -0.25) is 4.99 Å². The van der Waals surface area contributed by atoms with Crippen LogP contribution in [0.2, 0.25) is 0 Å². The molecule has 0 bridgehead atoms. The molecule has 0 saturated carbocycles. The summed E-state index contributed by atoms with van der Waals surface area (Å²) in [7, 11) is 0. The maximum Gasteiger partial charge on any atom is 0.191 e. The molecule has 2 N–H and O–H groups in total. The quantitative estimate of drug-likeness (QED) is 0.342. The number of aromatic nitrogens is 3. The van der Waals surface area contributed by atoms with Crippen LogP contribution in [0.3, 0.4) is 0 Å². The number of allylic oxidation sites excluding steroid dienone is 1. The van der Waals surface area contributed by atoms with Gasteiger partial charge in [-0.2, -0.15) is 0 Å². The third-order valence-electron chi connectivity index (χ3n) is 5.35. The van der Waals surface area contributed by atoms with Gasteiger partial charge in [0.15, 0.2) is 5.96 Å². The lowest BCUT2D eigenvalue weighted by Crippen LogP contribution is -2.41. The van der Waals surface area contributed by atoms with E-state index < -0.39 is 0 Å². The normalized spacial score (nSPS) is 15.8. The van der Waals surface area contributed by atoms with E-state index in [4.69, 9.17) is 4.99 Å². The van der Waals surface area contributed by atoms with Gasteiger partial charge in [-0.15, -0.1) is 21.5 Å². The molecule has 29 heavy (non-hydrogen) atoms. The standard InChI is InChI=1S/C22H34N6S/c1-3-19(20-11-8-16-29-20)26-22(23-13-12-18-9-6-5-7-10-18)24-14-15-28-17-25-27-21(28)4-2/h8-9,11,16-17,19H,3-7,10,12-15H2,1-2H3,(H2,23,24,26). The first kappa shape index (κ1) is 21.6. The number of hydrogen-bond donors (Lipinski definition) is 2. The molecule has 0 fully saturated rings. The van der Waals surface area contributed by atoms with Gasteiger partial charge in [0, 0.05) is 30.9 Å². The molecule has 0 aromatic carbocycles. The monoisotopic (exact) mass is 414 g/mol. The van der Waals surface area contributed by atoms with Gasteiger partial charge in [0.2, 0.25) is 0 Å². The van der Waals surface area contributed by atoms with Crippen LogP contribution in [0, 0.1) is 0 Å². The number of nitrogens with zero attached hydrogens (tertiary/aromatic N) is 4. The molecule has 0 saturated heterocycles. The molecule has 6 nitrogen and oxygen atoms in total. The molecule has 2 heterocycles. The molecular weight excluding hydrogens is 380 g/mol. The van der Waals surface area contributed by atoms with E-state index in [0.29, 0.717) is 0 Å². The van der Waals surface area contributed by atoms with Crippen molar-refractivity contribution < 1.29 is 0 Å². The van der Waals surface area contributed by atoms with Gasteiger partial charge >= 0.3 is 0 Å².